The lowest BCUT2D eigenvalue weighted by Gasteiger charge is -2.31. The van der Waals surface area contributed by atoms with Gasteiger partial charge in [0.05, 0.1) is 0 Å². The zero-order valence-electron chi connectivity index (χ0n) is 21.4. The van der Waals surface area contributed by atoms with Crippen molar-refractivity contribution in [2.75, 3.05) is 0 Å². The molecular formula is C29H42S3Si. The third kappa shape index (κ3) is 5.15. The molecule has 0 amide bonds. The quantitative estimate of drug-likeness (QED) is 0.158. The summed E-state index contributed by atoms with van der Waals surface area (Å²) >= 11 is 6.31. The maximum absolute atomic E-state index is 2.60. The summed E-state index contributed by atoms with van der Waals surface area (Å²) in [5.74, 6) is 0.843. The summed E-state index contributed by atoms with van der Waals surface area (Å²) in [5, 5.41) is 3.52. The summed E-state index contributed by atoms with van der Waals surface area (Å²) in [7, 11) is -1.94. The molecule has 4 rings (SSSR count). The summed E-state index contributed by atoms with van der Waals surface area (Å²) < 4.78 is 1.75. The molecule has 1 unspecified atom stereocenters. The van der Waals surface area contributed by atoms with Gasteiger partial charge in [-0.1, -0.05) is 78.2 Å². The van der Waals surface area contributed by atoms with Crippen LogP contribution in [0.2, 0.25) is 6.04 Å². The van der Waals surface area contributed by atoms with E-state index in [1.54, 1.807) is 29.5 Å². The Kier molecular flexibility index (Phi) is 8.75. The van der Waals surface area contributed by atoms with E-state index in [0.717, 1.165) is 5.92 Å². The van der Waals surface area contributed by atoms with E-state index in [9.17, 15) is 0 Å². The predicted octanol–water partition coefficient (Wildman–Crippen LogP) is 8.67. The van der Waals surface area contributed by atoms with E-state index in [-0.39, 0.29) is 0 Å². The van der Waals surface area contributed by atoms with Gasteiger partial charge < -0.3 is 0 Å². The Morgan fingerprint density at radius 3 is 2.00 bits per heavy atom. The molecule has 1 aliphatic heterocycles. The van der Waals surface area contributed by atoms with Gasteiger partial charge in [0.15, 0.2) is 8.07 Å². The standard InChI is InChI=1S/C29H42S3Si/c1-6-9-11-12-13-15-24-16-17-27(32-24)33(20-23(8-3)14-10-7-2)25-18-21(4)30-28(25)29-26(33)19-22(5)31-29/h16-19,23H,6-15,20H2,1-5H3. The monoisotopic (exact) mass is 514 g/mol. The molecule has 0 saturated heterocycles. The maximum Gasteiger partial charge on any atom is 0.164 e. The highest BCUT2D eigenvalue weighted by Gasteiger charge is 2.51. The van der Waals surface area contributed by atoms with E-state index in [1.165, 1.54) is 80.0 Å². The molecule has 4 heterocycles. The minimum atomic E-state index is -1.94. The van der Waals surface area contributed by atoms with Crippen LogP contribution in [-0.2, 0) is 6.42 Å². The molecular weight excluding hydrogens is 473 g/mol. The molecule has 0 aliphatic carbocycles. The Morgan fingerprint density at radius 1 is 0.758 bits per heavy atom. The SMILES string of the molecule is CCCCCCCc1ccc([Si]2(CC(CC)CCCC)c3cc(C)sc3-c3sc(C)cc32)s1. The first-order chi connectivity index (χ1) is 16.0. The fourth-order valence-electron chi connectivity index (χ4n) is 5.75. The van der Waals surface area contributed by atoms with Crippen molar-refractivity contribution in [3.05, 3.63) is 38.9 Å². The van der Waals surface area contributed by atoms with Gasteiger partial charge in [-0.3, -0.25) is 0 Å². The number of aryl methyl sites for hydroxylation is 3. The van der Waals surface area contributed by atoms with Crippen LogP contribution in [0.3, 0.4) is 0 Å². The van der Waals surface area contributed by atoms with Crippen molar-refractivity contribution in [3.63, 3.8) is 0 Å². The fourth-order valence-corrected chi connectivity index (χ4v) is 17.4. The van der Waals surface area contributed by atoms with Gasteiger partial charge in [0.1, 0.15) is 0 Å². The molecule has 180 valence electrons. The Balaban J connectivity index is 1.73. The van der Waals surface area contributed by atoms with Gasteiger partial charge in [0, 0.05) is 28.9 Å². The zero-order chi connectivity index (χ0) is 23.4. The molecule has 4 heteroatoms. The number of fused-ring (bicyclic) bond motifs is 3. The van der Waals surface area contributed by atoms with Crippen molar-refractivity contribution in [1.29, 1.82) is 0 Å². The minimum Gasteiger partial charge on any atom is -0.149 e. The average Bonchev–Trinajstić information content (AvgIpc) is 3.55. The topological polar surface area (TPSA) is 0 Å². The van der Waals surface area contributed by atoms with E-state index in [0.29, 0.717) is 0 Å². The summed E-state index contributed by atoms with van der Waals surface area (Å²) in [6.45, 7) is 11.7. The van der Waals surface area contributed by atoms with Crippen LogP contribution in [0.4, 0.5) is 0 Å². The second kappa shape index (κ2) is 11.4. The predicted molar refractivity (Wildman–Crippen MR) is 157 cm³/mol. The summed E-state index contributed by atoms with van der Waals surface area (Å²) in [5.41, 5.74) is 0. The summed E-state index contributed by atoms with van der Waals surface area (Å²) in [4.78, 5) is 7.90. The van der Waals surface area contributed by atoms with E-state index in [4.69, 9.17) is 0 Å². The van der Waals surface area contributed by atoms with Crippen molar-refractivity contribution in [2.45, 2.75) is 105 Å². The van der Waals surface area contributed by atoms with E-state index in [1.807, 2.05) is 0 Å². The number of unbranched alkanes of at least 4 members (excludes halogenated alkanes) is 5. The third-order valence-corrected chi connectivity index (χ3v) is 17.3. The molecule has 1 atom stereocenters. The van der Waals surface area contributed by atoms with Crippen LogP contribution < -0.4 is 14.9 Å². The van der Waals surface area contributed by atoms with Gasteiger partial charge in [-0.25, -0.2) is 0 Å². The van der Waals surface area contributed by atoms with Crippen LogP contribution in [-0.4, -0.2) is 8.07 Å². The maximum atomic E-state index is 2.60. The molecule has 0 fully saturated rings. The third-order valence-electron chi connectivity index (χ3n) is 7.58. The largest absolute Gasteiger partial charge is 0.164 e. The fraction of sp³-hybridized carbons (Fsp3) is 0.586. The van der Waals surface area contributed by atoms with E-state index < -0.39 is 8.07 Å². The van der Waals surface area contributed by atoms with Gasteiger partial charge >= 0.3 is 0 Å². The average molecular weight is 515 g/mol. The molecule has 0 radical (unpaired) electrons. The minimum absolute atomic E-state index is 0.843. The molecule has 0 aromatic carbocycles. The van der Waals surface area contributed by atoms with Crippen molar-refractivity contribution < 1.29 is 0 Å². The van der Waals surface area contributed by atoms with Crippen LogP contribution >= 0.6 is 34.0 Å². The Hall–Kier alpha value is -0.683. The highest BCUT2D eigenvalue weighted by atomic mass is 32.1. The Bertz CT molecular complexity index is 991. The van der Waals surface area contributed by atoms with Gasteiger partial charge in [0.25, 0.3) is 0 Å². The Labute approximate surface area is 215 Å². The second-order valence-electron chi connectivity index (χ2n) is 10.2. The van der Waals surface area contributed by atoms with Crippen LogP contribution in [0.15, 0.2) is 24.3 Å². The molecule has 3 aromatic heterocycles. The lowest BCUT2D eigenvalue weighted by Crippen LogP contribution is -2.64. The number of hydrogen-bond acceptors (Lipinski definition) is 3. The van der Waals surface area contributed by atoms with E-state index >= 15 is 0 Å². The summed E-state index contributed by atoms with van der Waals surface area (Å²) in [6.07, 6.45) is 13.6. The van der Waals surface area contributed by atoms with Crippen LogP contribution in [0.5, 0.6) is 0 Å². The van der Waals surface area contributed by atoms with Gasteiger partial charge in [-0.2, -0.15) is 0 Å². The molecule has 3 aromatic rings. The smallest absolute Gasteiger partial charge is 0.149 e. The van der Waals surface area contributed by atoms with Crippen LogP contribution in [0, 0.1) is 19.8 Å². The first kappa shape index (κ1) is 25.4. The number of rotatable bonds is 13. The van der Waals surface area contributed by atoms with Crippen molar-refractivity contribution in [2.24, 2.45) is 5.92 Å². The molecule has 0 bridgehead atoms. The van der Waals surface area contributed by atoms with Crippen molar-refractivity contribution in [3.8, 4) is 9.75 Å². The highest BCUT2D eigenvalue weighted by Crippen LogP contribution is 2.42. The molecule has 0 spiro atoms. The molecule has 1 aliphatic rings. The lowest BCUT2D eigenvalue weighted by molar-refractivity contribution is 0.488. The first-order valence-electron chi connectivity index (χ1n) is 13.3. The summed E-state index contributed by atoms with van der Waals surface area (Å²) in [6, 6.07) is 11.7. The second-order valence-corrected chi connectivity index (χ2v) is 18.0. The zero-order valence-corrected chi connectivity index (χ0v) is 24.8. The van der Waals surface area contributed by atoms with Gasteiger partial charge in [-0.05, 0) is 67.2 Å². The number of hydrogen-bond donors (Lipinski definition) is 0. The van der Waals surface area contributed by atoms with Crippen LogP contribution in [0.25, 0.3) is 9.75 Å². The highest BCUT2D eigenvalue weighted by molar-refractivity contribution is 7.38. The molecule has 0 N–H and O–H groups in total. The lowest BCUT2D eigenvalue weighted by atomic mass is 10.0. The normalized spacial score (nSPS) is 15.1. The van der Waals surface area contributed by atoms with Crippen molar-refractivity contribution >= 4 is 57.0 Å². The first-order valence-corrected chi connectivity index (χ1v) is 18.0. The van der Waals surface area contributed by atoms with Gasteiger partial charge in [0.2, 0.25) is 0 Å². The molecule has 33 heavy (non-hydrogen) atoms. The van der Waals surface area contributed by atoms with E-state index in [2.05, 4.69) is 92.9 Å². The van der Waals surface area contributed by atoms with Crippen molar-refractivity contribution in [1.82, 2.24) is 0 Å². The molecule has 0 nitrogen and oxygen atoms in total. The number of thiophene rings is 3. The molecule has 0 saturated carbocycles. The van der Waals surface area contributed by atoms with Gasteiger partial charge in [-0.15, -0.1) is 34.0 Å². The Morgan fingerprint density at radius 2 is 1.39 bits per heavy atom. The van der Waals surface area contributed by atoms with Crippen LogP contribution in [0.1, 0.15) is 93.2 Å².